The number of hydrogen-bond donors (Lipinski definition) is 8. The lowest BCUT2D eigenvalue weighted by Crippen LogP contribution is -2.45. The van der Waals surface area contributed by atoms with E-state index < -0.39 is 65.4 Å². The number of allylic oxidation sites excluding steroid dienone is 1. The second kappa shape index (κ2) is 10.2. The number of aliphatic hydroxyl groups is 2. The topological polar surface area (TPSA) is 293 Å². The highest BCUT2D eigenvalue weighted by Crippen LogP contribution is 2.66. The predicted molar refractivity (Wildman–Crippen MR) is 115 cm³/mol. The zero-order chi connectivity index (χ0) is 27.1. The van der Waals surface area contributed by atoms with E-state index in [0.29, 0.717) is 0 Å². The first-order valence-electron chi connectivity index (χ1n) is 9.64. The predicted octanol–water partition coefficient (Wildman–Crippen LogP) is -1.50. The number of nitrogens with one attached hydrogen (secondary N) is 2. The lowest BCUT2D eigenvalue weighted by Gasteiger charge is -2.33. The van der Waals surface area contributed by atoms with Crippen LogP contribution >= 0.6 is 23.5 Å². The first kappa shape index (κ1) is 28.7. The van der Waals surface area contributed by atoms with Gasteiger partial charge in [-0.05, 0) is 6.92 Å². The molecule has 2 aromatic heterocycles. The van der Waals surface area contributed by atoms with Crippen molar-refractivity contribution in [2.45, 2.75) is 37.4 Å². The Labute approximate surface area is 199 Å². The molecule has 1 aliphatic rings. The summed E-state index contributed by atoms with van der Waals surface area (Å²) in [5, 5.41) is 21.4. The van der Waals surface area contributed by atoms with Gasteiger partial charge in [0, 0.05) is 6.42 Å². The minimum atomic E-state index is -5.78. The summed E-state index contributed by atoms with van der Waals surface area (Å²) in [5.74, 6) is 0. The van der Waals surface area contributed by atoms with Crippen molar-refractivity contribution < 1.29 is 61.4 Å². The Hall–Kier alpha value is -1.82. The van der Waals surface area contributed by atoms with E-state index in [0.717, 1.165) is 10.9 Å². The molecule has 6 atom stereocenters. The molecule has 1 aliphatic heterocycles. The van der Waals surface area contributed by atoms with E-state index in [1.807, 2.05) is 4.98 Å². The van der Waals surface area contributed by atoms with Crippen LogP contribution in [0.4, 0.5) is 0 Å². The highest BCUT2D eigenvalue weighted by atomic mass is 31.3. The smallest absolute Gasteiger partial charge is 0.387 e. The van der Waals surface area contributed by atoms with Gasteiger partial charge in [-0.15, -0.1) is 0 Å². The summed E-state index contributed by atoms with van der Waals surface area (Å²) in [5.41, 5.74) is -4.13. The summed E-state index contributed by atoms with van der Waals surface area (Å²) < 4.78 is 52.7. The molecule has 19 nitrogen and oxygen atoms in total. The van der Waals surface area contributed by atoms with Gasteiger partial charge >= 0.3 is 29.2 Å². The monoisotopic (exact) mass is 578 g/mol. The fourth-order valence-corrected chi connectivity index (χ4v) is 6.48. The van der Waals surface area contributed by atoms with Crippen LogP contribution in [-0.4, -0.2) is 74.2 Å². The lowest BCUT2D eigenvalue weighted by molar-refractivity contribution is -0.142. The molecule has 2 aromatic rings. The number of rotatable bonds is 10. The van der Waals surface area contributed by atoms with Crippen LogP contribution in [0.2, 0.25) is 0 Å². The van der Waals surface area contributed by atoms with Gasteiger partial charge in [-0.2, -0.15) is 8.62 Å². The molecule has 36 heavy (non-hydrogen) atoms. The summed E-state index contributed by atoms with van der Waals surface area (Å²) in [7, 11) is -16.9. The highest BCUT2D eigenvalue weighted by molar-refractivity contribution is 7.66. The molecule has 1 fully saturated rings. The Kier molecular flexibility index (Phi) is 8.11. The first-order chi connectivity index (χ1) is 16.5. The number of nitrogens with zero attached hydrogens (tertiary/aromatic N) is 2. The van der Waals surface area contributed by atoms with Crippen LogP contribution in [-0.2, 0) is 37.3 Å². The van der Waals surface area contributed by atoms with Crippen LogP contribution < -0.4 is 11.2 Å². The van der Waals surface area contributed by atoms with Gasteiger partial charge < -0.3 is 34.5 Å². The van der Waals surface area contributed by atoms with Gasteiger partial charge in [-0.3, -0.25) is 23.9 Å². The van der Waals surface area contributed by atoms with Crippen LogP contribution in [0.15, 0.2) is 28.1 Å². The molecule has 0 saturated carbocycles. The van der Waals surface area contributed by atoms with Gasteiger partial charge in [0.2, 0.25) is 0 Å². The molecular weight excluding hydrogens is 557 g/mol. The van der Waals surface area contributed by atoms with E-state index in [1.54, 1.807) is 13.0 Å². The molecule has 0 spiro atoms. The molecule has 202 valence electrons. The Morgan fingerprint density at radius 1 is 1.14 bits per heavy atom. The minimum Gasteiger partial charge on any atom is -0.387 e. The zero-order valence-electron chi connectivity index (χ0n) is 18.0. The van der Waals surface area contributed by atoms with Crippen molar-refractivity contribution in [2.75, 3.05) is 6.61 Å². The van der Waals surface area contributed by atoms with Crippen molar-refractivity contribution in [1.82, 2.24) is 19.5 Å². The number of phosphoric acid groups is 3. The number of hydrogen-bond acceptors (Lipinski definition) is 12. The Morgan fingerprint density at radius 3 is 2.42 bits per heavy atom. The fraction of sp³-hybridized carbons (Fsp3) is 0.500. The largest absolute Gasteiger partial charge is 0.490 e. The number of aliphatic hydroxyl groups excluding tert-OH is 2. The normalized spacial score (nSPS) is 28.5. The highest BCUT2D eigenvalue weighted by Gasteiger charge is 2.56. The SMILES string of the molecule is CC=CC[C@@]1(n2cnc3c(=O)[nH]c(=O)[nH]c32)O[C@H](COP(=O)(O)OP(=O)(O)OP(=O)(O)O)[C@@H](O)[C@H]1O. The molecule has 0 bridgehead atoms. The van der Waals surface area contributed by atoms with Crippen LogP contribution in [0, 0.1) is 0 Å². The third-order valence-electron chi connectivity index (χ3n) is 4.84. The number of aromatic nitrogens is 4. The maximum atomic E-state index is 12.1. The second-order valence-electron chi connectivity index (χ2n) is 7.32. The van der Waals surface area contributed by atoms with E-state index >= 15 is 0 Å². The molecule has 0 aliphatic carbocycles. The summed E-state index contributed by atoms with van der Waals surface area (Å²) in [6.07, 6.45) is -1.37. The third kappa shape index (κ3) is 6.17. The van der Waals surface area contributed by atoms with Gasteiger partial charge in [0.05, 0.1) is 12.9 Å². The molecular formula is C14H21N4O15P3. The average molecular weight is 578 g/mol. The molecule has 0 amide bonds. The third-order valence-corrected chi connectivity index (χ3v) is 8.64. The molecule has 2 unspecified atom stereocenters. The summed E-state index contributed by atoms with van der Waals surface area (Å²) in [4.78, 5) is 68.1. The number of imidazole rings is 1. The average Bonchev–Trinajstić information content (AvgIpc) is 3.23. The second-order valence-corrected chi connectivity index (χ2v) is 11.7. The van der Waals surface area contributed by atoms with Crippen LogP contribution in [0.1, 0.15) is 13.3 Å². The number of phosphoric ester groups is 1. The van der Waals surface area contributed by atoms with Gasteiger partial charge in [0.1, 0.15) is 24.0 Å². The molecule has 1 saturated heterocycles. The van der Waals surface area contributed by atoms with Gasteiger partial charge in [-0.1, -0.05) is 12.2 Å². The van der Waals surface area contributed by atoms with E-state index in [1.165, 1.54) is 6.08 Å². The lowest BCUT2D eigenvalue weighted by atomic mass is 9.98. The van der Waals surface area contributed by atoms with Crippen molar-refractivity contribution in [2.24, 2.45) is 0 Å². The van der Waals surface area contributed by atoms with E-state index in [2.05, 4.69) is 23.1 Å². The first-order valence-corrected chi connectivity index (χ1v) is 14.2. The molecule has 3 heterocycles. The quantitative estimate of drug-likeness (QED) is 0.117. The van der Waals surface area contributed by atoms with E-state index in [9.17, 15) is 43.3 Å². The van der Waals surface area contributed by atoms with Gasteiger partial charge in [0.15, 0.2) is 11.2 Å². The standard InChI is InChI=1S/C14H21N4O15P3/c1-2-3-4-14(18-6-15-8-11(18)16-13(22)17-12(8)21)10(20)9(19)7(31-14)5-30-35(26,27)33-36(28,29)32-34(23,24)25/h2-3,6-7,9-10,19-20H,4-5H2,1H3,(H,26,27)(H,28,29)(H2,23,24,25)(H2,16,17,21,22)/t7-,9-,10-,14-/m1/s1. The fourth-order valence-electron chi connectivity index (χ4n) is 3.45. The van der Waals surface area contributed by atoms with Crippen molar-refractivity contribution >= 4 is 34.6 Å². The summed E-state index contributed by atoms with van der Waals surface area (Å²) >= 11 is 0. The zero-order valence-corrected chi connectivity index (χ0v) is 20.7. The van der Waals surface area contributed by atoms with Crippen molar-refractivity contribution in [1.29, 1.82) is 0 Å². The van der Waals surface area contributed by atoms with Crippen molar-refractivity contribution in [3.05, 3.63) is 39.3 Å². The molecule has 8 N–H and O–H groups in total. The Morgan fingerprint density at radius 2 is 1.81 bits per heavy atom. The van der Waals surface area contributed by atoms with Crippen LogP contribution in [0.3, 0.4) is 0 Å². The molecule has 22 heteroatoms. The van der Waals surface area contributed by atoms with Crippen LogP contribution in [0.5, 0.6) is 0 Å². The van der Waals surface area contributed by atoms with Gasteiger partial charge in [0.25, 0.3) is 5.56 Å². The summed E-state index contributed by atoms with van der Waals surface area (Å²) in [6, 6.07) is 0. The van der Waals surface area contributed by atoms with Gasteiger partial charge in [-0.25, -0.2) is 23.5 Å². The van der Waals surface area contributed by atoms with Crippen molar-refractivity contribution in [3.63, 3.8) is 0 Å². The van der Waals surface area contributed by atoms with Crippen molar-refractivity contribution in [3.8, 4) is 0 Å². The number of H-pyrrole nitrogens is 2. The Balaban J connectivity index is 1.90. The Bertz CT molecular complexity index is 1410. The molecule has 0 radical (unpaired) electrons. The number of aromatic amines is 2. The number of fused-ring (bicyclic) bond motifs is 1. The maximum absolute atomic E-state index is 12.1. The molecule has 0 aromatic carbocycles. The number of ether oxygens (including phenoxy) is 1. The molecule has 3 rings (SSSR count). The van der Waals surface area contributed by atoms with E-state index in [-0.39, 0.29) is 17.6 Å². The van der Waals surface area contributed by atoms with Crippen LogP contribution in [0.25, 0.3) is 11.2 Å². The van der Waals surface area contributed by atoms with E-state index in [4.69, 9.17) is 14.5 Å². The minimum absolute atomic E-state index is 0.187. The summed E-state index contributed by atoms with van der Waals surface area (Å²) in [6.45, 7) is 0.556. The maximum Gasteiger partial charge on any atom is 0.490 e.